The molecule has 1 N–H and O–H groups in total. The Bertz CT molecular complexity index is 1430. The second-order valence-electron chi connectivity index (χ2n) is 7.59. The summed E-state index contributed by atoms with van der Waals surface area (Å²) < 4.78 is 21.3. The van der Waals surface area contributed by atoms with Crippen molar-refractivity contribution in [1.29, 1.82) is 0 Å². The number of nitrogens with one attached hydrogen (secondary N) is 1. The fourth-order valence-corrected chi connectivity index (χ4v) is 3.58. The Kier molecular flexibility index (Phi) is 7.45. The quantitative estimate of drug-likeness (QED) is 0.166. The Morgan fingerprint density at radius 3 is 2.17 bits per heavy atom. The number of benzene rings is 4. The molecule has 0 aliphatic rings. The molecule has 0 saturated carbocycles. The SMILES string of the molecule is COc1ccc(C(=O)Oc2ccc3ccccc3c2/C=N/NC(=O)c2ccc(OC)c(OC)c2)cc1. The van der Waals surface area contributed by atoms with Gasteiger partial charge in [0.1, 0.15) is 11.5 Å². The molecule has 0 bridgehead atoms. The lowest BCUT2D eigenvalue weighted by atomic mass is 10.0. The van der Waals surface area contributed by atoms with Gasteiger partial charge in [-0.25, -0.2) is 10.2 Å². The van der Waals surface area contributed by atoms with E-state index in [9.17, 15) is 9.59 Å². The summed E-state index contributed by atoms with van der Waals surface area (Å²) in [6, 6.07) is 22.6. The topological polar surface area (TPSA) is 95.5 Å². The van der Waals surface area contributed by atoms with Gasteiger partial charge in [0.25, 0.3) is 5.91 Å². The van der Waals surface area contributed by atoms with Crippen molar-refractivity contribution < 1.29 is 28.5 Å². The van der Waals surface area contributed by atoms with E-state index in [-0.39, 0.29) is 0 Å². The molecule has 0 unspecified atom stereocenters. The van der Waals surface area contributed by atoms with Crippen LogP contribution in [-0.4, -0.2) is 39.4 Å². The van der Waals surface area contributed by atoms with E-state index in [0.29, 0.717) is 39.7 Å². The largest absolute Gasteiger partial charge is 0.497 e. The van der Waals surface area contributed by atoms with Crippen molar-refractivity contribution >= 4 is 28.9 Å². The average molecular weight is 485 g/mol. The third kappa shape index (κ3) is 5.28. The van der Waals surface area contributed by atoms with Crippen LogP contribution in [0.1, 0.15) is 26.3 Å². The van der Waals surface area contributed by atoms with E-state index in [1.807, 2.05) is 30.3 Å². The van der Waals surface area contributed by atoms with Crippen LogP contribution >= 0.6 is 0 Å². The van der Waals surface area contributed by atoms with E-state index in [2.05, 4.69) is 10.5 Å². The van der Waals surface area contributed by atoms with Crippen molar-refractivity contribution in [2.75, 3.05) is 21.3 Å². The smallest absolute Gasteiger partial charge is 0.343 e. The van der Waals surface area contributed by atoms with E-state index in [1.165, 1.54) is 20.4 Å². The van der Waals surface area contributed by atoms with Crippen molar-refractivity contribution in [3.05, 3.63) is 95.6 Å². The molecule has 1 amide bonds. The van der Waals surface area contributed by atoms with Crippen LogP contribution in [-0.2, 0) is 0 Å². The van der Waals surface area contributed by atoms with Crippen LogP contribution in [0.4, 0.5) is 0 Å². The Balaban J connectivity index is 1.59. The van der Waals surface area contributed by atoms with E-state index in [0.717, 1.165) is 10.8 Å². The lowest BCUT2D eigenvalue weighted by molar-refractivity contribution is 0.0734. The zero-order valence-electron chi connectivity index (χ0n) is 20.0. The second-order valence-corrected chi connectivity index (χ2v) is 7.59. The lowest BCUT2D eigenvalue weighted by Gasteiger charge is -2.11. The van der Waals surface area contributed by atoms with Crippen molar-refractivity contribution in [3.8, 4) is 23.0 Å². The number of rotatable bonds is 8. The Morgan fingerprint density at radius 1 is 0.750 bits per heavy atom. The van der Waals surface area contributed by atoms with Crippen LogP contribution in [0.2, 0.25) is 0 Å². The van der Waals surface area contributed by atoms with E-state index >= 15 is 0 Å². The molecule has 8 heteroatoms. The normalized spacial score (nSPS) is 10.8. The molecule has 0 aliphatic carbocycles. The Morgan fingerprint density at radius 2 is 1.44 bits per heavy atom. The Hall–Kier alpha value is -4.85. The molecule has 4 rings (SSSR count). The molecule has 0 spiro atoms. The molecule has 4 aromatic carbocycles. The first-order chi connectivity index (χ1) is 17.5. The van der Waals surface area contributed by atoms with Gasteiger partial charge >= 0.3 is 5.97 Å². The van der Waals surface area contributed by atoms with Crippen molar-refractivity contribution in [2.45, 2.75) is 0 Å². The van der Waals surface area contributed by atoms with Crippen LogP contribution in [0.3, 0.4) is 0 Å². The van der Waals surface area contributed by atoms with Gasteiger partial charge in [-0.15, -0.1) is 0 Å². The fourth-order valence-electron chi connectivity index (χ4n) is 3.58. The minimum Gasteiger partial charge on any atom is -0.497 e. The van der Waals surface area contributed by atoms with E-state index in [1.54, 1.807) is 55.6 Å². The lowest BCUT2D eigenvalue weighted by Crippen LogP contribution is -2.18. The van der Waals surface area contributed by atoms with Gasteiger partial charge in [-0.2, -0.15) is 5.10 Å². The summed E-state index contributed by atoms with van der Waals surface area (Å²) in [5, 5.41) is 5.86. The number of nitrogens with zero attached hydrogens (tertiary/aromatic N) is 1. The maximum absolute atomic E-state index is 12.8. The van der Waals surface area contributed by atoms with Crippen LogP contribution in [0.5, 0.6) is 23.0 Å². The molecule has 0 atom stereocenters. The number of carbonyl (C=O) groups is 2. The first-order valence-electron chi connectivity index (χ1n) is 11.0. The number of hydrogen-bond donors (Lipinski definition) is 1. The maximum atomic E-state index is 12.8. The fraction of sp³-hybridized carbons (Fsp3) is 0.107. The second kappa shape index (κ2) is 11.1. The number of carbonyl (C=O) groups excluding carboxylic acids is 2. The Labute approximate surface area is 208 Å². The third-order valence-electron chi connectivity index (χ3n) is 5.46. The summed E-state index contributed by atoms with van der Waals surface area (Å²) in [7, 11) is 4.57. The summed E-state index contributed by atoms with van der Waals surface area (Å²) in [4.78, 5) is 25.4. The predicted octanol–water partition coefficient (Wildman–Crippen LogP) is 4.85. The predicted molar refractivity (Wildman–Crippen MR) is 137 cm³/mol. The first-order valence-corrected chi connectivity index (χ1v) is 11.0. The summed E-state index contributed by atoms with van der Waals surface area (Å²) >= 11 is 0. The van der Waals surface area contributed by atoms with Gasteiger partial charge in [-0.05, 0) is 59.3 Å². The van der Waals surface area contributed by atoms with Crippen LogP contribution in [0.25, 0.3) is 10.8 Å². The molecule has 0 saturated heterocycles. The third-order valence-corrected chi connectivity index (χ3v) is 5.46. The molecule has 36 heavy (non-hydrogen) atoms. The summed E-state index contributed by atoms with van der Waals surface area (Å²) in [6.07, 6.45) is 1.46. The number of hydrazone groups is 1. The summed E-state index contributed by atoms with van der Waals surface area (Å²) in [5.74, 6) is 0.905. The first kappa shape index (κ1) is 24.3. The molecule has 0 heterocycles. The van der Waals surface area contributed by atoms with Gasteiger partial charge in [-0.1, -0.05) is 30.3 Å². The molecule has 0 aliphatic heterocycles. The monoisotopic (exact) mass is 484 g/mol. The van der Waals surface area contributed by atoms with Gasteiger partial charge in [0, 0.05) is 11.1 Å². The van der Waals surface area contributed by atoms with Gasteiger partial charge in [0.05, 0.1) is 33.1 Å². The molecule has 8 nitrogen and oxygen atoms in total. The average Bonchev–Trinajstić information content (AvgIpc) is 2.93. The van der Waals surface area contributed by atoms with Crippen LogP contribution < -0.4 is 24.4 Å². The molecule has 0 aromatic heterocycles. The minimum atomic E-state index is -0.531. The maximum Gasteiger partial charge on any atom is 0.343 e. The van der Waals surface area contributed by atoms with Gasteiger partial charge in [-0.3, -0.25) is 4.79 Å². The number of methoxy groups -OCH3 is 3. The van der Waals surface area contributed by atoms with E-state index < -0.39 is 11.9 Å². The molecule has 182 valence electrons. The molecule has 0 fully saturated rings. The standard InChI is InChI=1S/C28H24N2O6/c1-33-21-12-8-19(9-13-21)28(32)36-24-14-10-18-6-4-5-7-22(18)23(24)17-29-30-27(31)20-11-15-25(34-2)26(16-20)35-3/h4-17H,1-3H3,(H,30,31)/b29-17+. The van der Waals surface area contributed by atoms with Crippen molar-refractivity contribution in [1.82, 2.24) is 5.43 Å². The zero-order chi connectivity index (χ0) is 25.5. The van der Waals surface area contributed by atoms with E-state index in [4.69, 9.17) is 18.9 Å². The van der Waals surface area contributed by atoms with Gasteiger partial charge in [0.2, 0.25) is 0 Å². The number of hydrogen-bond acceptors (Lipinski definition) is 7. The highest BCUT2D eigenvalue weighted by molar-refractivity contribution is 6.04. The van der Waals surface area contributed by atoms with Crippen molar-refractivity contribution in [2.24, 2.45) is 5.10 Å². The molecular weight excluding hydrogens is 460 g/mol. The highest BCUT2D eigenvalue weighted by Gasteiger charge is 2.14. The minimum absolute atomic E-state index is 0.304. The number of amides is 1. The van der Waals surface area contributed by atoms with Gasteiger partial charge in [0.15, 0.2) is 11.5 Å². The van der Waals surface area contributed by atoms with Crippen LogP contribution in [0, 0.1) is 0 Å². The van der Waals surface area contributed by atoms with Crippen LogP contribution in [0.15, 0.2) is 84.0 Å². The molecular formula is C28H24N2O6. The highest BCUT2D eigenvalue weighted by Crippen LogP contribution is 2.29. The number of ether oxygens (including phenoxy) is 4. The number of esters is 1. The highest BCUT2D eigenvalue weighted by atomic mass is 16.5. The van der Waals surface area contributed by atoms with Gasteiger partial charge < -0.3 is 18.9 Å². The summed E-state index contributed by atoms with van der Waals surface area (Å²) in [5.41, 5.74) is 3.76. The van der Waals surface area contributed by atoms with Crippen molar-refractivity contribution in [3.63, 3.8) is 0 Å². The zero-order valence-corrected chi connectivity index (χ0v) is 20.0. The number of fused-ring (bicyclic) bond motifs is 1. The summed E-state index contributed by atoms with van der Waals surface area (Å²) in [6.45, 7) is 0. The molecule has 0 radical (unpaired) electrons. The molecule has 4 aromatic rings.